The second kappa shape index (κ2) is 21.8. The first-order chi connectivity index (χ1) is 29.1. The number of ether oxygens (including phenoxy) is 1. The predicted molar refractivity (Wildman–Crippen MR) is 225 cm³/mol. The number of benzene rings is 4. The van der Waals surface area contributed by atoms with Crippen molar-refractivity contribution in [3.8, 4) is 11.8 Å². The van der Waals surface area contributed by atoms with E-state index in [2.05, 4.69) is 11.0 Å². The molecule has 1 aliphatic heterocycles. The van der Waals surface area contributed by atoms with Gasteiger partial charge in [0.15, 0.2) is 22.9 Å². The van der Waals surface area contributed by atoms with Crippen LogP contribution in [0.1, 0.15) is 71.0 Å². The summed E-state index contributed by atoms with van der Waals surface area (Å²) in [7, 11) is 1.59. The SMILES string of the molecule is CN(CC(CCN1CCC(c2ccccc2[S+](C)[O-])CC1)c1ccc(Cl)c(Cl)c1)C(=O)c1c(OCC(F)(F)F)c(C#N)cc2ccccc12.O=C(O)CC(O)(CC(=O)O)C(=O)O. The number of likely N-dealkylation sites (tertiary alicyclic amines) is 1. The van der Waals surface area contributed by atoms with E-state index in [1.54, 1.807) is 49.7 Å². The molecule has 1 heterocycles. The van der Waals surface area contributed by atoms with Crippen molar-refractivity contribution in [3.05, 3.63) is 105 Å². The number of fused-ring (bicyclic) bond motifs is 1. The fraction of sp³-hybridized carbons (Fsp3) is 0.372. The van der Waals surface area contributed by atoms with Crippen LogP contribution < -0.4 is 4.74 Å². The Kier molecular flexibility index (Phi) is 17.4. The van der Waals surface area contributed by atoms with Crippen LogP contribution in [0.2, 0.25) is 10.0 Å². The summed E-state index contributed by atoms with van der Waals surface area (Å²) < 4.78 is 57.3. The average Bonchev–Trinajstić information content (AvgIpc) is 3.21. The Hall–Kier alpha value is -5.09. The first-order valence-corrected chi connectivity index (χ1v) is 21.3. The molecule has 0 radical (unpaired) electrons. The van der Waals surface area contributed by atoms with Gasteiger partial charge in [-0.3, -0.25) is 14.4 Å². The lowest BCUT2D eigenvalue weighted by molar-refractivity contribution is -0.170. The van der Waals surface area contributed by atoms with Crippen LogP contribution in [0.5, 0.6) is 5.75 Å². The van der Waals surface area contributed by atoms with Crippen LogP contribution in [0.3, 0.4) is 0 Å². The van der Waals surface area contributed by atoms with Crippen LogP contribution in [-0.2, 0) is 25.6 Å². The van der Waals surface area contributed by atoms with Gasteiger partial charge in [0.25, 0.3) is 5.91 Å². The molecule has 2 unspecified atom stereocenters. The largest absolute Gasteiger partial charge is 0.612 e. The lowest BCUT2D eigenvalue weighted by atomic mass is 9.88. The van der Waals surface area contributed by atoms with E-state index in [1.807, 2.05) is 30.3 Å². The average molecular weight is 923 g/mol. The molecule has 0 spiro atoms. The normalized spacial score (nSPS) is 14.5. The minimum atomic E-state index is -4.67. The van der Waals surface area contributed by atoms with E-state index in [4.69, 9.17) is 48.4 Å². The smallest absolute Gasteiger partial charge is 0.422 e. The number of carbonyl (C=O) groups excluding carboxylic acids is 1. The second-order valence-electron chi connectivity index (χ2n) is 14.8. The van der Waals surface area contributed by atoms with Gasteiger partial charge in [-0.1, -0.05) is 71.7 Å². The quantitative estimate of drug-likeness (QED) is 0.0802. The van der Waals surface area contributed by atoms with Crippen molar-refractivity contribution < 1.29 is 62.1 Å². The molecule has 1 aliphatic rings. The summed E-state index contributed by atoms with van der Waals surface area (Å²) in [6.45, 7) is 1.01. The fourth-order valence-corrected chi connectivity index (χ4v) is 8.40. The number of carboxylic acid groups (broad SMARTS) is 3. The molecule has 4 N–H and O–H groups in total. The number of amides is 1. The highest BCUT2D eigenvalue weighted by Gasteiger charge is 2.41. The minimum absolute atomic E-state index is 0.0929. The monoisotopic (exact) mass is 921 g/mol. The number of carbonyl (C=O) groups is 4. The number of halogens is 5. The first-order valence-electron chi connectivity index (χ1n) is 19.0. The van der Waals surface area contributed by atoms with Gasteiger partial charge in [-0.25, -0.2) is 4.79 Å². The topological polar surface area (TPSA) is 212 Å². The number of hydrogen-bond acceptors (Lipinski definition) is 9. The molecule has 1 amide bonds. The van der Waals surface area contributed by atoms with Crippen molar-refractivity contribution in [2.45, 2.75) is 60.6 Å². The number of aliphatic hydroxyl groups is 1. The maximum Gasteiger partial charge on any atom is 0.422 e. The predicted octanol–water partition coefficient (Wildman–Crippen LogP) is 7.57. The Bertz CT molecular complexity index is 2290. The van der Waals surface area contributed by atoms with Crippen molar-refractivity contribution in [2.75, 3.05) is 46.1 Å². The summed E-state index contributed by atoms with van der Waals surface area (Å²) in [5.74, 6) is -5.86. The summed E-state index contributed by atoms with van der Waals surface area (Å²) in [6, 6.07) is 23.3. The molecule has 1 saturated heterocycles. The lowest BCUT2D eigenvalue weighted by Gasteiger charge is -2.34. The molecule has 0 aromatic heterocycles. The number of hydrogen-bond donors (Lipinski definition) is 4. The molecule has 4 aromatic carbocycles. The molecule has 13 nitrogen and oxygen atoms in total. The molecule has 1 fully saturated rings. The van der Waals surface area contributed by atoms with Crippen LogP contribution >= 0.6 is 23.2 Å². The zero-order chi connectivity index (χ0) is 45.9. The number of rotatable bonds is 16. The highest BCUT2D eigenvalue weighted by Crippen LogP contribution is 2.37. The Labute approximate surface area is 368 Å². The van der Waals surface area contributed by atoms with Gasteiger partial charge in [0.1, 0.15) is 12.3 Å². The van der Waals surface area contributed by atoms with E-state index < -0.39 is 72.0 Å². The number of carboxylic acids is 3. The number of nitriles is 1. The van der Waals surface area contributed by atoms with Crippen LogP contribution in [0, 0.1) is 11.3 Å². The highest BCUT2D eigenvalue weighted by atomic mass is 35.5. The summed E-state index contributed by atoms with van der Waals surface area (Å²) in [4.78, 5) is 49.4. The van der Waals surface area contributed by atoms with E-state index in [-0.39, 0.29) is 23.6 Å². The molecule has 62 heavy (non-hydrogen) atoms. The molecule has 2 atom stereocenters. The maximum atomic E-state index is 14.2. The number of aliphatic carboxylic acids is 3. The van der Waals surface area contributed by atoms with Crippen LogP contribution in [0.25, 0.3) is 10.8 Å². The standard InChI is InChI=1S/C37H36Cl2F3N3O3S.C6H8O7/c1-44(36(46)34-30-9-4-3-7-26(30)19-28(21-43)35(34)48-23-37(40,41)42)22-27(25-11-12-31(38)32(39)20-25)15-18-45-16-13-24(14-17-45)29-8-5-6-10-33(29)49(2)47;7-3(8)1-6(13,5(11)12)2-4(9)10/h3-12,19-20,24,27H,13-18,22-23H2,1-2H3;13H,1-2H2,(H,7,8)(H,9,10)(H,11,12). The van der Waals surface area contributed by atoms with Crippen LogP contribution in [-0.4, -0.2) is 116 Å². The van der Waals surface area contributed by atoms with Gasteiger partial charge < -0.3 is 39.5 Å². The maximum absolute atomic E-state index is 14.2. The van der Waals surface area contributed by atoms with Crippen molar-refractivity contribution in [3.63, 3.8) is 0 Å². The van der Waals surface area contributed by atoms with Crippen molar-refractivity contribution >= 4 is 69.0 Å². The Morgan fingerprint density at radius 2 is 1.58 bits per heavy atom. The first kappa shape index (κ1) is 49.6. The fourth-order valence-electron chi connectivity index (χ4n) is 7.26. The van der Waals surface area contributed by atoms with E-state index in [0.717, 1.165) is 48.5 Å². The Balaban J connectivity index is 0.000000562. The third-order valence-corrected chi connectivity index (χ3v) is 12.0. The summed E-state index contributed by atoms with van der Waals surface area (Å²) in [5, 5.41) is 45.3. The van der Waals surface area contributed by atoms with Crippen molar-refractivity contribution in [1.29, 1.82) is 5.26 Å². The van der Waals surface area contributed by atoms with Crippen LogP contribution in [0.4, 0.5) is 13.2 Å². The van der Waals surface area contributed by atoms with Crippen molar-refractivity contribution in [1.82, 2.24) is 9.80 Å². The molecule has 5 rings (SSSR count). The molecule has 4 aromatic rings. The number of nitrogens with zero attached hydrogens (tertiary/aromatic N) is 3. The van der Waals surface area contributed by atoms with Gasteiger partial charge in [0.2, 0.25) is 0 Å². The molecule has 0 aliphatic carbocycles. The lowest BCUT2D eigenvalue weighted by Crippen LogP contribution is -2.42. The molecule has 19 heteroatoms. The number of piperidine rings is 1. The molecule has 332 valence electrons. The van der Waals surface area contributed by atoms with Gasteiger partial charge in [-0.15, -0.1) is 0 Å². The summed E-state index contributed by atoms with van der Waals surface area (Å²) in [5.41, 5.74) is -0.977. The second-order valence-corrected chi connectivity index (χ2v) is 17.0. The molecule has 0 saturated carbocycles. The number of likely N-dealkylation sites (N-methyl/N-ethyl adjacent to an activating group) is 1. The van der Waals surface area contributed by atoms with E-state index in [0.29, 0.717) is 33.2 Å². The molecule has 0 bridgehead atoms. The van der Waals surface area contributed by atoms with E-state index in [1.165, 1.54) is 11.0 Å². The van der Waals surface area contributed by atoms with Gasteiger partial charge in [0.05, 0.1) is 34.0 Å². The van der Waals surface area contributed by atoms with Gasteiger partial charge in [0, 0.05) is 25.1 Å². The van der Waals surface area contributed by atoms with Crippen LogP contribution in [0.15, 0.2) is 77.7 Å². The third kappa shape index (κ3) is 13.5. The van der Waals surface area contributed by atoms with Gasteiger partial charge in [-0.05, 0) is 96.6 Å². The van der Waals surface area contributed by atoms with Crippen molar-refractivity contribution in [2.24, 2.45) is 0 Å². The zero-order valence-corrected chi connectivity index (χ0v) is 35.9. The molecular formula is C43H44Cl2F3N3O10S. The third-order valence-electron chi connectivity index (χ3n) is 10.3. The summed E-state index contributed by atoms with van der Waals surface area (Å²) in [6.07, 6.45) is -2.75. The Morgan fingerprint density at radius 3 is 2.15 bits per heavy atom. The summed E-state index contributed by atoms with van der Waals surface area (Å²) >= 11 is 11.6. The van der Waals surface area contributed by atoms with E-state index >= 15 is 0 Å². The van der Waals surface area contributed by atoms with E-state index in [9.17, 15) is 42.2 Å². The number of alkyl halides is 3. The highest BCUT2D eigenvalue weighted by molar-refractivity contribution is 7.90. The molecular weight excluding hydrogens is 878 g/mol. The van der Waals surface area contributed by atoms with Gasteiger partial charge >= 0.3 is 24.1 Å². The van der Waals surface area contributed by atoms with Gasteiger partial charge in [-0.2, -0.15) is 18.4 Å². The minimum Gasteiger partial charge on any atom is -0.612 e. The Morgan fingerprint density at radius 1 is 0.968 bits per heavy atom. The zero-order valence-electron chi connectivity index (χ0n) is 33.5.